The number of amides is 2. The Morgan fingerprint density at radius 3 is 2.50 bits per heavy atom. The highest BCUT2D eigenvalue weighted by Crippen LogP contribution is 2.22. The van der Waals surface area contributed by atoms with Gasteiger partial charge in [0.1, 0.15) is 5.75 Å². The zero-order valence-corrected chi connectivity index (χ0v) is 15.9. The van der Waals surface area contributed by atoms with Gasteiger partial charge in [-0.05, 0) is 57.6 Å². The van der Waals surface area contributed by atoms with Crippen molar-refractivity contribution in [2.24, 2.45) is 5.92 Å². The van der Waals surface area contributed by atoms with Crippen LogP contribution in [0.2, 0.25) is 0 Å². The van der Waals surface area contributed by atoms with E-state index < -0.39 is 6.10 Å². The molecule has 1 unspecified atom stereocenters. The van der Waals surface area contributed by atoms with Crippen molar-refractivity contribution in [1.29, 1.82) is 0 Å². The second-order valence-corrected chi connectivity index (χ2v) is 7.64. The van der Waals surface area contributed by atoms with Crippen molar-refractivity contribution >= 4 is 11.8 Å². The van der Waals surface area contributed by atoms with E-state index in [2.05, 4.69) is 0 Å². The molecule has 0 radical (unpaired) electrons. The number of likely N-dealkylation sites (tertiary alicyclic amines) is 2. The van der Waals surface area contributed by atoms with Crippen molar-refractivity contribution in [3.8, 4) is 5.75 Å². The van der Waals surface area contributed by atoms with Gasteiger partial charge in [-0.1, -0.05) is 17.7 Å². The van der Waals surface area contributed by atoms with Gasteiger partial charge in [-0.15, -0.1) is 0 Å². The smallest absolute Gasteiger partial charge is 0.263 e. The fourth-order valence-corrected chi connectivity index (χ4v) is 3.83. The number of aryl methyl sites for hydroxylation is 1. The largest absolute Gasteiger partial charge is 0.481 e. The predicted molar refractivity (Wildman–Crippen MR) is 101 cm³/mol. The molecule has 2 aliphatic rings. The summed E-state index contributed by atoms with van der Waals surface area (Å²) in [5.41, 5.74) is 1.17. The Hall–Kier alpha value is -2.04. The SMILES string of the molecule is Cc1ccc(OC(C)C(=O)N2CCC(CN3CCCCC3=O)CC2)cc1. The van der Waals surface area contributed by atoms with Gasteiger partial charge in [0.2, 0.25) is 5.91 Å². The summed E-state index contributed by atoms with van der Waals surface area (Å²) in [5.74, 6) is 1.59. The summed E-state index contributed by atoms with van der Waals surface area (Å²) in [6.07, 6.45) is 4.31. The molecule has 2 fully saturated rings. The maximum absolute atomic E-state index is 12.7. The molecule has 2 saturated heterocycles. The first kappa shape index (κ1) is 18.7. The van der Waals surface area contributed by atoms with E-state index in [0.29, 0.717) is 18.2 Å². The van der Waals surface area contributed by atoms with E-state index in [1.165, 1.54) is 5.56 Å². The molecule has 0 aromatic heterocycles. The van der Waals surface area contributed by atoms with Gasteiger partial charge in [0.05, 0.1) is 0 Å². The number of carbonyl (C=O) groups is 2. The Morgan fingerprint density at radius 1 is 1.15 bits per heavy atom. The van der Waals surface area contributed by atoms with Crippen LogP contribution in [0.5, 0.6) is 5.75 Å². The molecule has 1 aromatic carbocycles. The van der Waals surface area contributed by atoms with E-state index in [4.69, 9.17) is 4.74 Å². The lowest BCUT2D eigenvalue weighted by atomic mass is 9.95. The monoisotopic (exact) mass is 358 g/mol. The van der Waals surface area contributed by atoms with Crippen LogP contribution in [-0.4, -0.2) is 53.9 Å². The van der Waals surface area contributed by atoms with Gasteiger partial charge < -0.3 is 14.5 Å². The van der Waals surface area contributed by atoms with Crippen LogP contribution < -0.4 is 4.74 Å². The first-order chi connectivity index (χ1) is 12.5. The molecule has 5 heteroatoms. The van der Waals surface area contributed by atoms with Crippen LogP contribution in [-0.2, 0) is 9.59 Å². The zero-order valence-electron chi connectivity index (χ0n) is 15.9. The van der Waals surface area contributed by atoms with E-state index in [1.807, 2.05) is 47.9 Å². The third-order valence-electron chi connectivity index (χ3n) is 5.51. The third-order valence-corrected chi connectivity index (χ3v) is 5.51. The number of ether oxygens (including phenoxy) is 1. The van der Waals surface area contributed by atoms with Crippen LogP contribution in [0.15, 0.2) is 24.3 Å². The second-order valence-electron chi connectivity index (χ2n) is 7.64. The molecule has 0 bridgehead atoms. The molecule has 0 N–H and O–H groups in total. The van der Waals surface area contributed by atoms with Crippen LogP contribution in [0.3, 0.4) is 0 Å². The van der Waals surface area contributed by atoms with Crippen molar-refractivity contribution < 1.29 is 14.3 Å². The Kier molecular flexibility index (Phi) is 6.17. The molecule has 26 heavy (non-hydrogen) atoms. The van der Waals surface area contributed by atoms with Crippen LogP contribution in [0, 0.1) is 12.8 Å². The van der Waals surface area contributed by atoms with Crippen molar-refractivity contribution in [3.63, 3.8) is 0 Å². The average Bonchev–Trinajstić information content (AvgIpc) is 2.65. The molecule has 3 rings (SSSR count). The van der Waals surface area contributed by atoms with Gasteiger partial charge >= 0.3 is 0 Å². The molecule has 5 nitrogen and oxygen atoms in total. The minimum atomic E-state index is -0.474. The topological polar surface area (TPSA) is 49.9 Å². The maximum Gasteiger partial charge on any atom is 0.263 e. The molecule has 0 saturated carbocycles. The van der Waals surface area contributed by atoms with Crippen LogP contribution in [0.4, 0.5) is 0 Å². The minimum absolute atomic E-state index is 0.0538. The summed E-state index contributed by atoms with van der Waals surface area (Å²) in [6, 6.07) is 7.78. The first-order valence-electron chi connectivity index (χ1n) is 9.83. The third kappa shape index (κ3) is 4.77. The quantitative estimate of drug-likeness (QED) is 0.813. The number of nitrogens with zero attached hydrogens (tertiary/aromatic N) is 2. The zero-order chi connectivity index (χ0) is 18.5. The van der Waals surface area contributed by atoms with Crippen molar-refractivity contribution in [2.75, 3.05) is 26.2 Å². The van der Waals surface area contributed by atoms with E-state index in [-0.39, 0.29) is 5.91 Å². The number of hydrogen-bond donors (Lipinski definition) is 0. The van der Waals surface area contributed by atoms with Gasteiger partial charge in [-0.25, -0.2) is 0 Å². The summed E-state index contributed by atoms with van der Waals surface area (Å²) in [6.45, 7) is 7.12. The highest BCUT2D eigenvalue weighted by Gasteiger charge is 2.29. The predicted octanol–water partition coefficient (Wildman–Crippen LogP) is 3.01. The Bertz CT molecular complexity index is 621. The molecule has 142 valence electrons. The molecule has 1 atom stereocenters. The maximum atomic E-state index is 12.7. The van der Waals surface area contributed by atoms with E-state index in [9.17, 15) is 9.59 Å². The molecule has 2 amide bonds. The Balaban J connectivity index is 1.45. The summed E-state index contributed by atoms with van der Waals surface area (Å²) < 4.78 is 5.80. The Morgan fingerprint density at radius 2 is 1.85 bits per heavy atom. The lowest BCUT2D eigenvalue weighted by Crippen LogP contribution is -2.47. The number of piperidine rings is 2. The van der Waals surface area contributed by atoms with Gasteiger partial charge in [0.15, 0.2) is 6.10 Å². The fourth-order valence-electron chi connectivity index (χ4n) is 3.83. The van der Waals surface area contributed by atoms with Crippen LogP contribution in [0.1, 0.15) is 44.6 Å². The van der Waals surface area contributed by atoms with E-state index >= 15 is 0 Å². The van der Waals surface area contributed by atoms with Crippen molar-refractivity contribution in [1.82, 2.24) is 9.80 Å². The van der Waals surface area contributed by atoms with Gasteiger partial charge in [-0.3, -0.25) is 9.59 Å². The van der Waals surface area contributed by atoms with Crippen molar-refractivity contribution in [3.05, 3.63) is 29.8 Å². The summed E-state index contributed by atoms with van der Waals surface area (Å²) >= 11 is 0. The van der Waals surface area contributed by atoms with E-state index in [1.54, 1.807) is 0 Å². The molecular weight excluding hydrogens is 328 g/mol. The first-order valence-corrected chi connectivity index (χ1v) is 9.83. The minimum Gasteiger partial charge on any atom is -0.481 e. The molecule has 0 spiro atoms. The van der Waals surface area contributed by atoms with Crippen LogP contribution in [0.25, 0.3) is 0 Å². The summed E-state index contributed by atoms with van der Waals surface area (Å²) in [4.78, 5) is 28.6. The summed E-state index contributed by atoms with van der Waals surface area (Å²) in [7, 11) is 0. The summed E-state index contributed by atoms with van der Waals surface area (Å²) in [5, 5.41) is 0. The number of carbonyl (C=O) groups excluding carboxylic acids is 2. The van der Waals surface area contributed by atoms with Gasteiger partial charge in [0, 0.05) is 32.6 Å². The normalized spacial score (nSPS) is 20.2. The molecule has 0 aliphatic carbocycles. The lowest BCUT2D eigenvalue weighted by molar-refractivity contribution is -0.140. The fraction of sp³-hybridized carbons (Fsp3) is 0.619. The molecule has 2 heterocycles. The second kappa shape index (κ2) is 8.56. The Labute approximate surface area is 156 Å². The highest BCUT2D eigenvalue weighted by atomic mass is 16.5. The average molecular weight is 358 g/mol. The number of rotatable bonds is 5. The molecule has 2 aliphatic heterocycles. The molecular formula is C21H30N2O3. The van der Waals surface area contributed by atoms with Crippen molar-refractivity contribution in [2.45, 2.75) is 52.1 Å². The highest BCUT2D eigenvalue weighted by molar-refractivity contribution is 5.81. The van der Waals surface area contributed by atoms with E-state index in [0.717, 1.165) is 57.6 Å². The lowest BCUT2D eigenvalue weighted by Gasteiger charge is -2.36. The standard InChI is InChI=1S/C21H30N2O3/c1-16-6-8-19(9-7-16)26-17(2)21(25)22-13-10-18(11-14-22)15-23-12-4-3-5-20(23)24/h6-9,17-18H,3-5,10-15H2,1-2H3. The molecule has 1 aromatic rings. The number of benzene rings is 1. The van der Waals surface area contributed by atoms with Gasteiger partial charge in [-0.2, -0.15) is 0 Å². The van der Waals surface area contributed by atoms with Crippen LogP contribution >= 0.6 is 0 Å². The number of hydrogen-bond acceptors (Lipinski definition) is 3. The van der Waals surface area contributed by atoms with Gasteiger partial charge in [0.25, 0.3) is 5.91 Å².